The lowest BCUT2D eigenvalue weighted by atomic mass is 9.81. The van der Waals surface area contributed by atoms with Crippen LogP contribution in [-0.4, -0.2) is 22.7 Å². The molecule has 0 amide bonds. The van der Waals surface area contributed by atoms with Gasteiger partial charge in [-0.05, 0) is 43.0 Å². The van der Waals surface area contributed by atoms with Crippen LogP contribution in [0, 0.1) is 18.7 Å². The first-order chi connectivity index (χ1) is 15.0. The fraction of sp³-hybridized carbons (Fsp3) is 0.280. The van der Waals surface area contributed by atoms with E-state index in [1.165, 1.54) is 12.1 Å². The molecule has 0 saturated carbocycles. The second-order valence-corrected chi connectivity index (χ2v) is 8.36. The number of allylic oxidation sites excluding steroid dienone is 2. The van der Waals surface area contributed by atoms with E-state index < -0.39 is 0 Å². The summed E-state index contributed by atoms with van der Waals surface area (Å²) in [5.41, 5.74) is 5.20. The van der Waals surface area contributed by atoms with Gasteiger partial charge in [0.25, 0.3) is 0 Å². The number of halogens is 1. The fourth-order valence-corrected chi connectivity index (χ4v) is 4.82. The van der Waals surface area contributed by atoms with Crippen molar-refractivity contribution in [1.82, 2.24) is 9.78 Å². The number of aryl methyl sites for hydroxylation is 1. The highest BCUT2D eigenvalue weighted by Gasteiger charge is 2.40. The van der Waals surface area contributed by atoms with Gasteiger partial charge >= 0.3 is 0 Å². The third-order valence-electron chi connectivity index (χ3n) is 6.15. The number of aromatic nitrogens is 2. The van der Waals surface area contributed by atoms with Crippen molar-refractivity contribution in [2.45, 2.75) is 32.7 Å². The summed E-state index contributed by atoms with van der Waals surface area (Å²) in [4.78, 5) is 13.2. The number of ketones is 1. The quantitative estimate of drug-likeness (QED) is 0.630. The van der Waals surface area contributed by atoms with Gasteiger partial charge in [0.2, 0.25) is 0 Å². The van der Waals surface area contributed by atoms with Gasteiger partial charge in [0.05, 0.1) is 12.8 Å². The lowest BCUT2D eigenvalue weighted by Gasteiger charge is -2.35. The lowest BCUT2D eigenvalue weighted by molar-refractivity contribution is -0.117. The molecule has 2 unspecified atom stereocenters. The summed E-state index contributed by atoms with van der Waals surface area (Å²) in [6.07, 6.45) is 1.31. The number of hydrogen-bond acceptors (Lipinski definition) is 4. The summed E-state index contributed by atoms with van der Waals surface area (Å²) in [5.74, 6) is 1.66. The highest BCUT2D eigenvalue weighted by atomic mass is 19.1. The molecular weight excluding hydrogens is 393 g/mol. The zero-order valence-corrected chi connectivity index (χ0v) is 17.8. The Morgan fingerprint density at radius 3 is 2.61 bits per heavy atom. The molecule has 0 bridgehead atoms. The van der Waals surface area contributed by atoms with Crippen molar-refractivity contribution in [1.29, 1.82) is 0 Å². The normalized spacial score (nSPS) is 20.2. The third-order valence-corrected chi connectivity index (χ3v) is 6.15. The zero-order valence-electron chi connectivity index (χ0n) is 17.8. The molecule has 6 heteroatoms. The number of nitrogens with one attached hydrogen (secondary N) is 1. The van der Waals surface area contributed by atoms with Crippen LogP contribution in [0.2, 0.25) is 0 Å². The number of benzene rings is 2. The number of ether oxygens (including phenoxy) is 1. The van der Waals surface area contributed by atoms with Crippen molar-refractivity contribution < 1.29 is 13.9 Å². The summed E-state index contributed by atoms with van der Waals surface area (Å²) in [6.45, 7) is 4.04. The number of nitrogens with zero attached hydrogens (tertiary/aromatic N) is 2. The molecule has 1 aliphatic carbocycles. The smallest absolute Gasteiger partial charge is 0.163 e. The van der Waals surface area contributed by atoms with Crippen LogP contribution in [0.15, 0.2) is 59.8 Å². The molecule has 5 nitrogen and oxygen atoms in total. The number of rotatable bonds is 3. The van der Waals surface area contributed by atoms with E-state index in [2.05, 4.69) is 12.2 Å². The number of carbonyl (C=O) groups excluding carboxylic acids is 1. The maximum Gasteiger partial charge on any atom is 0.163 e. The van der Waals surface area contributed by atoms with Gasteiger partial charge in [0.15, 0.2) is 5.78 Å². The SMILES string of the molecule is COc1ccccc1C1C2=C(CC(C)CC2=O)Nc2c(-c3ccc(F)cc3)c(C)nn21. The molecular formula is C25H24FN3O2. The van der Waals surface area contributed by atoms with Gasteiger partial charge in [-0.15, -0.1) is 0 Å². The number of Topliss-reactive ketones (excluding diaryl/α,β-unsaturated/α-hetero) is 1. The van der Waals surface area contributed by atoms with Crippen LogP contribution in [0.5, 0.6) is 5.75 Å². The second-order valence-electron chi connectivity index (χ2n) is 8.36. The van der Waals surface area contributed by atoms with E-state index in [9.17, 15) is 9.18 Å². The second kappa shape index (κ2) is 7.38. The van der Waals surface area contributed by atoms with Crippen molar-refractivity contribution in [3.63, 3.8) is 0 Å². The summed E-state index contributed by atoms with van der Waals surface area (Å²) in [7, 11) is 1.64. The molecule has 3 aromatic rings. The number of carbonyl (C=O) groups is 1. The van der Waals surface area contributed by atoms with Crippen molar-refractivity contribution in [2.24, 2.45) is 5.92 Å². The van der Waals surface area contributed by atoms with Crippen molar-refractivity contribution in [2.75, 3.05) is 12.4 Å². The molecule has 2 aliphatic rings. The number of hydrogen-bond donors (Lipinski definition) is 1. The maximum atomic E-state index is 13.5. The number of anilines is 1. The van der Waals surface area contributed by atoms with Crippen LogP contribution in [0.1, 0.15) is 37.1 Å². The van der Waals surface area contributed by atoms with Crippen LogP contribution in [0.3, 0.4) is 0 Å². The topological polar surface area (TPSA) is 56.1 Å². The Morgan fingerprint density at radius 2 is 1.87 bits per heavy atom. The van der Waals surface area contributed by atoms with Gasteiger partial charge < -0.3 is 10.1 Å². The molecule has 1 N–H and O–H groups in total. The first-order valence-electron chi connectivity index (χ1n) is 10.5. The van der Waals surface area contributed by atoms with Crippen LogP contribution in [-0.2, 0) is 4.79 Å². The summed E-state index contributed by atoms with van der Waals surface area (Å²) >= 11 is 0. The minimum Gasteiger partial charge on any atom is -0.496 e. The minimum absolute atomic E-state index is 0.138. The standard InChI is InChI=1S/C25H24FN3O2/c1-14-12-19-23(20(30)13-14)24(18-6-4-5-7-21(18)31-3)29-25(27-19)22(15(2)28-29)16-8-10-17(26)11-9-16/h4-11,14,24,27H,12-13H2,1-3H3. The maximum absolute atomic E-state index is 13.5. The van der Waals surface area contributed by atoms with Crippen LogP contribution in [0.25, 0.3) is 11.1 Å². The van der Waals surface area contributed by atoms with Gasteiger partial charge in [0, 0.05) is 28.8 Å². The van der Waals surface area contributed by atoms with E-state index in [0.717, 1.165) is 51.6 Å². The zero-order chi connectivity index (χ0) is 21.7. The van der Waals surface area contributed by atoms with E-state index in [0.29, 0.717) is 6.42 Å². The Bertz CT molecular complexity index is 1210. The molecule has 0 fully saturated rings. The molecule has 2 atom stereocenters. The monoisotopic (exact) mass is 417 g/mol. The van der Waals surface area contributed by atoms with Crippen molar-refractivity contribution >= 4 is 11.6 Å². The number of para-hydroxylation sites is 1. The van der Waals surface area contributed by atoms with Gasteiger partial charge in [-0.2, -0.15) is 5.10 Å². The number of fused-ring (bicyclic) bond motifs is 1. The molecule has 1 aromatic heterocycles. The van der Waals surface area contributed by atoms with E-state index in [4.69, 9.17) is 9.84 Å². The van der Waals surface area contributed by atoms with E-state index in [1.807, 2.05) is 35.9 Å². The largest absolute Gasteiger partial charge is 0.496 e. The molecule has 1 aliphatic heterocycles. The average molecular weight is 417 g/mol. The summed E-state index contributed by atoms with van der Waals surface area (Å²) < 4.78 is 21.1. The van der Waals surface area contributed by atoms with E-state index in [-0.39, 0.29) is 23.6 Å². The highest BCUT2D eigenvalue weighted by molar-refractivity contribution is 6.00. The van der Waals surface area contributed by atoms with Crippen molar-refractivity contribution in [3.8, 4) is 16.9 Å². The molecule has 0 spiro atoms. The van der Waals surface area contributed by atoms with E-state index >= 15 is 0 Å². The molecule has 0 radical (unpaired) electrons. The fourth-order valence-electron chi connectivity index (χ4n) is 4.82. The predicted octanol–water partition coefficient (Wildman–Crippen LogP) is 5.27. The van der Waals surface area contributed by atoms with Gasteiger partial charge in [-0.3, -0.25) is 4.79 Å². The van der Waals surface area contributed by atoms with Gasteiger partial charge in [0.1, 0.15) is 23.4 Å². The molecule has 2 heterocycles. The molecule has 5 rings (SSSR count). The Kier molecular flexibility index (Phi) is 4.65. The summed E-state index contributed by atoms with van der Waals surface area (Å²) in [5, 5.41) is 8.37. The number of methoxy groups -OCH3 is 1. The van der Waals surface area contributed by atoms with E-state index in [1.54, 1.807) is 19.2 Å². The van der Waals surface area contributed by atoms with Crippen LogP contribution < -0.4 is 10.1 Å². The first-order valence-corrected chi connectivity index (χ1v) is 10.5. The van der Waals surface area contributed by atoms with Crippen LogP contribution >= 0.6 is 0 Å². The molecule has 2 aromatic carbocycles. The Labute approximate surface area is 180 Å². The Hall–Kier alpha value is -3.41. The minimum atomic E-state index is -0.379. The Balaban J connectivity index is 1.76. The summed E-state index contributed by atoms with van der Waals surface area (Å²) in [6, 6.07) is 13.8. The molecule has 31 heavy (non-hydrogen) atoms. The Morgan fingerprint density at radius 1 is 1.13 bits per heavy atom. The molecule has 0 saturated heterocycles. The molecule has 158 valence electrons. The third kappa shape index (κ3) is 3.14. The van der Waals surface area contributed by atoms with Crippen molar-refractivity contribution in [3.05, 3.63) is 76.9 Å². The van der Waals surface area contributed by atoms with Gasteiger partial charge in [-0.25, -0.2) is 9.07 Å². The van der Waals surface area contributed by atoms with Crippen LogP contribution in [0.4, 0.5) is 10.2 Å². The average Bonchev–Trinajstić information content (AvgIpc) is 3.08. The lowest BCUT2D eigenvalue weighted by Crippen LogP contribution is -2.33. The predicted molar refractivity (Wildman–Crippen MR) is 118 cm³/mol. The van der Waals surface area contributed by atoms with Gasteiger partial charge in [-0.1, -0.05) is 37.3 Å². The highest BCUT2D eigenvalue weighted by Crippen LogP contribution is 2.47. The first kappa shape index (κ1) is 19.5.